The van der Waals surface area contributed by atoms with Crippen molar-refractivity contribution in [2.24, 2.45) is 0 Å². The molecule has 0 aliphatic rings. The topological polar surface area (TPSA) is 107 Å². The van der Waals surface area contributed by atoms with Crippen LogP contribution in [0.15, 0.2) is 53.6 Å². The molecule has 0 spiro atoms. The number of anilines is 2. The maximum absolute atomic E-state index is 12.6. The lowest BCUT2D eigenvalue weighted by atomic mass is 10.1. The Labute approximate surface area is 165 Å². The van der Waals surface area contributed by atoms with Crippen LogP contribution in [-0.4, -0.2) is 24.1 Å². The van der Waals surface area contributed by atoms with Crippen LogP contribution in [0.2, 0.25) is 0 Å². The summed E-state index contributed by atoms with van der Waals surface area (Å²) < 4.78 is 2.90. The highest BCUT2D eigenvalue weighted by atomic mass is 16.6. The highest BCUT2D eigenvalue weighted by Gasteiger charge is 2.24. The molecule has 0 atom stereocenters. The minimum atomic E-state index is -0.748. The summed E-state index contributed by atoms with van der Waals surface area (Å²) in [6.07, 6.45) is 3.01. The summed E-state index contributed by atoms with van der Waals surface area (Å²) in [7, 11) is 0. The van der Waals surface area contributed by atoms with Crippen LogP contribution in [0.25, 0.3) is 11.3 Å². The van der Waals surface area contributed by atoms with Crippen LogP contribution in [0, 0.1) is 30.9 Å². The van der Waals surface area contributed by atoms with Gasteiger partial charge in [-0.05, 0) is 50.1 Å². The van der Waals surface area contributed by atoms with E-state index in [4.69, 9.17) is 0 Å². The van der Waals surface area contributed by atoms with Gasteiger partial charge in [-0.15, -0.1) is 0 Å². The SMILES string of the molecule is Cc1ccc(C)c(-n2ncc(Nc3nc4ccccn4c(=O)c3[N+](=O)[O-])c2C)c1. The van der Waals surface area contributed by atoms with Crippen LogP contribution in [0.4, 0.5) is 17.2 Å². The van der Waals surface area contributed by atoms with Crippen molar-refractivity contribution < 1.29 is 4.92 Å². The van der Waals surface area contributed by atoms with E-state index in [9.17, 15) is 14.9 Å². The summed E-state index contributed by atoms with van der Waals surface area (Å²) in [6, 6.07) is 11.0. The Hall–Kier alpha value is -4.01. The summed E-state index contributed by atoms with van der Waals surface area (Å²) in [4.78, 5) is 27.7. The average molecular weight is 390 g/mol. The predicted octanol–water partition coefficient (Wildman–Crippen LogP) is 3.46. The van der Waals surface area contributed by atoms with Crippen LogP contribution >= 0.6 is 0 Å². The molecule has 0 aliphatic carbocycles. The van der Waals surface area contributed by atoms with Crippen molar-refractivity contribution in [3.05, 3.63) is 86.1 Å². The van der Waals surface area contributed by atoms with E-state index in [0.29, 0.717) is 11.3 Å². The summed E-state index contributed by atoms with van der Waals surface area (Å²) in [5.41, 5.74) is 3.26. The van der Waals surface area contributed by atoms with E-state index < -0.39 is 16.2 Å². The average Bonchev–Trinajstić information content (AvgIpc) is 3.04. The second kappa shape index (κ2) is 6.86. The van der Waals surface area contributed by atoms with Gasteiger partial charge in [-0.3, -0.25) is 19.3 Å². The van der Waals surface area contributed by atoms with Crippen molar-refractivity contribution in [1.82, 2.24) is 19.2 Å². The molecular formula is C20H18N6O3. The first-order valence-corrected chi connectivity index (χ1v) is 8.92. The van der Waals surface area contributed by atoms with E-state index in [1.165, 1.54) is 6.20 Å². The number of aryl methyl sites for hydroxylation is 2. The molecule has 0 bridgehead atoms. The molecule has 146 valence electrons. The third-order valence-electron chi connectivity index (χ3n) is 4.75. The Balaban J connectivity index is 1.83. The number of rotatable bonds is 4. The molecule has 9 nitrogen and oxygen atoms in total. The molecule has 0 fully saturated rings. The molecule has 9 heteroatoms. The maximum Gasteiger partial charge on any atom is 0.376 e. The van der Waals surface area contributed by atoms with Crippen LogP contribution in [0.5, 0.6) is 0 Å². The van der Waals surface area contributed by atoms with E-state index >= 15 is 0 Å². The monoisotopic (exact) mass is 390 g/mol. The predicted molar refractivity (Wildman–Crippen MR) is 109 cm³/mol. The lowest BCUT2D eigenvalue weighted by Crippen LogP contribution is -2.20. The quantitative estimate of drug-likeness (QED) is 0.422. The minimum Gasteiger partial charge on any atom is -0.331 e. The molecule has 0 amide bonds. The molecular weight excluding hydrogens is 372 g/mol. The van der Waals surface area contributed by atoms with Gasteiger partial charge >= 0.3 is 11.2 Å². The van der Waals surface area contributed by atoms with Gasteiger partial charge in [0.2, 0.25) is 5.82 Å². The number of pyridine rings is 1. The zero-order valence-electron chi connectivity index (χ0n) is 16.1. The van der Waals surface area contributed by atoms with E-state index in [-0.39, 0.29) is 5.82 Å². The van der Waals surface area contributed by atoms with Gasteiger partial charge in [0.1, 0.15) is 5.65 Å². The second-order valence-corrected chi connectivity index (χ2v) is 6.77. The Morgan fingerprint density at radius 1 is 1.14 bits per heavy atom. The van der Waals surface area contributed by atoms with Gasteiger partial charge in [0.15, 0.2) is 0 Å². The fraction of sp³-hybridized carbons (Fsp3) is 0.150. The smallest absolute Gasteiger partial charge is 0.331 e. The van der Waals surface area contributed by atoms with Crippen molar-refractivity contribution in [2.45, 2.75) is 20.8 Å². The Morgan fingerprint density at radius 3 is 2.69 bits per heavy atom. The summed E-state index contributed by atoms with van der Waals surface area (Å²) in [6.45, 7) is 5.83. The second-order valence-electron chi connectivity index (χ2n) is 6.77. The van der Waals surface area contributed by atoms with Crippen LogP contribution < -0.4 is 10.9 Å². The molecule has 0 saturated carbocycles. The number of nitrogens with zero attached hydrogens (tertiary/aromatic N) is 5. The number of nitrogens with one attached hydrogen (secondary N) is 1. The molecule has 1 aromatic carbocycles. The van der Waals surface area contributed by atoms with Gasteiger partial charge in [0.05, 0.1) is 28.2 Å². The number of hydrogen-bond acceptors (Lipinski definition) is 6. The number of fused-ring (bicyclic) bond motifs is 1. The number of benzene rings is 1. The van der Waals surface area contributed by atoms with E-state index in [0.717, 1.165) is 26.9 Å². The van der Waals surface area contributed by atoms with Crippen molar-refractivity contribution in [3.63, 3.8) is 0 Å². The van der Waals surface area contributed by atoms with Crippen molar-refractivity contribution >= 4 is 22.8 Å². The minimum absolute atomic E-state index is 0.116. The normalized spacial score (nSPS) is 11.0. The maximum atomic E-state index is 12.6. The molecule has 0 unspecified atom stereocenters. The fourth-order valence-corrected chi connectivity index (χ4v) is 3.18. The van der Waals surface area contributed by atoms with Gasteiger partial charge in [0, 0.05) is 6.20 Å². The van der Waals surface area contributed by atoms with Gasteiger partial charge < -0.3 is 5.32 Å². The molecule has 3 heterocycles. The first-order chi connectivity index (χ1) is 13.9. The zero-order chi connectivity index (χ0) is 20.7. The Morgan fingerprint density at radius 2 is 1.93 bits per heavy atom. The molecule has 3 aromatic heterocycles. The van der Waals surface area contributed by atoms with Gasteiger partial charge in [-0.2, -0.15) is 5.10 Å². The highest BCUT2D eigenvalue weighted by Crippen LogP contribution is 2.27. The third kappa shape index (κ3) is 3.12. The summed E-state index contributed by atoms with van der Waals surface area (Å²) in [5.74, 6) is -0.116. The van der Waals surface area contributed by atoms with E-state index in [1.807, 2.05) is 39.0 Å². The molecule has 0 aliphatic heterocycles. The molecule has 29 heavy (non-hydrogen) atoms. The molecule has 0 radical (unpaired) electrons. The molecule has 1 N–H and O–H groups in total. The van der Waals surface area contributed by atoms with Crippen LogP contribution in [0.1, 0.15) is 16.8 Å². The third-order valence-corrected chi connectivity index (χ3v) is 4.75. The van der Waals surface area contributed by atoms with Gasteiger partial charge in [-0.25, -0.2) is 9.67 Å². The number of hydrogen-bond donors (Lipinski definition) is 1. The standard InChI is InChI=1S/C20H18N6O3/c1-12-7-8-13(2)16(10-12)25-14(3)15(11-21-25)22-19-18(26(28)29)20(27)24-9-5-4-6-17(24)23-19/h4-11,22H,1-3H3. The highest BCUT2D eigenvalue weighted by molar-refractivity contribution is 5.68. The van der Waals surface area contributed by atoms with Crippen molar-refractivity contribution in [3.8, 4) is 5.69 Å². The number of nitro groups is 1. The van der Waals surface area contributed by atoms with Crippen LogP contribution in [0.3, 0.4) is 0 Å². The van der Waals surface area contributed by atoms with E-state index in [1.54, 1.807) is 29.1 Å². The van der Waals surface area contributed by atoms with Crippen LogP contribution in [-0.2, 0) is 0 Å². The largest absolute Gasteiger partial charge is 0.376 e. The zero-order valence-corrected chi connectivity index (χ0v) is 16.1. The lowest BCUT2D eigenvalue weighted by Gasteiger charge is -2.11. The molecule has 4 rings (SSSR count). The fourth-order valence-electron chi connectivity index (χ4n) is 3.18. The Kier molecular flexibility index (Phi) is 4.34. The van der Waals surface area contributed by atoms with E-state index in [2.05, 4.69) is 15.4 Å². The first-order valence-electron chi connectivity index (χ1n) is 8.92. The summed E-state index contributed by atoms with van der Waals surface area (Å²) in [5, 5.41) is 18.9. The first kappa shape index (κ1) is 18.4. The van der Waals surface area contributed by atoms with Crippen molar-refractivity contribution in [1.29, 1.82) is 0 Å². The number of aromatic nitrogens is 4. The van der Waals surface area contributed by atoms with Gasteiger partial charge in [-0.1, -0.05) is 18.2 Å². The van der Waals surface area contributed by atoms with Crippen molar-refractivity contribution in [2.75, 3.05) is 5.32 Å². The Bertz CT molecular complexity index is 1320. The summed E-state index contributed by atoms with van der Waals surface area (Å²) >= 11 is 0. The lowest BCUT2D eigenvalue weighted by molar-refractivity contribution is -0.385. The van der Waals surface area contributed by atoms with Gasteiger partial charge in [0.25, 0.3) is 0 Å². The molecule has 4 aromatic rings. The molecule has 0 saturated heterocycles.